The summed E-state index contributed by atoms with van der Waals surface area (Å²) in [5.41, 5.74) is 1.69. The molecule has 0 saturated heterocycles. The van der Waals surface area contributed by atoms with Crippen molar-refractivity contribution in [3.05, 3.63) is 35.5 Å². The van der Waals surface area contributed by atoms with Crippen LogP contribution in [0.3, 0.4) is 0 Å². The van der Waals surface area contributed by atoms with Gasteiger partial charge in [0.25, 0.3) is 0 Å². The van der Waals surface area contributed by atoms with Gasteiger partial charge in [-0.1, -0.05) is 0 Å². The molecule has 2 nitrogen and oxygen atoms in total. The van der Waals surface area contributed by atoms with Crippen molar-refractivity contribution in [1.29, 1.82) is 0 Å². The fraction of sp³-hybridized carbons (Fsp3) is 0.429. The minimum Gasteiger partial charge on any atom is -0.361 e. The Morgan fingerprint density at radius 1 is 1.22 bits per heavy atom. The van der Waals surface area contributed by atoms with Crippen LogP contribution in [0.1, 0.15) is 18.4 Å². The number of aromatic nitrogens is 1. The number of nitrogens with one attached hydrogen (secondary N) is 2. The first kappa shape index (κ1) is 11.7. The Morgan fingerprint density at radius 3 is 2.78 bits per heavy atom. The van der Waals surface area contributed by atoms with Crippen molar-refractivity contribution in [3.8, 4) is 0 Å². The predicted molar refractivity (Wildman–Crippen MR) is 67.5 cm³/mol. The summed E-state index contributed by atoms with van der Waals surface area (Å²) in [5, 5.41) is 4.17. The number of hydrogen-bond donors (Lipinski definition) is 2. The quantitative estimate of drug-likeness (QED) is 0.784. The van der Waals surface area contributed by atoms with Gasteiger partial charge in [-0.15, -0.1) is 0 Å². The average Bonchev–Trinajstić information content (AvgIpc) is 3.10. The van der Waals surface area contributed by atoms with E-state index in [4.69, 9.17) is 0 Å². The van der Waals surface area contributed by atoms with Gasteiger partial charge in [0, 0.05) is 23.2 Å². The second kappa shape index (κ2) is 4.69. The fourth-order valence-electron chi connectivity index (χ4n) is 2.23. The molecule has 18 heavy (non-hydrogen) atoms. The largest absolute Gasteiger partial charge is 0.361 e. The first-order valence-electron chi connectivity index (χ1n) is 6.40. The highest BCUT2D eigenvalue weighted by atomic mass is 19.2. The highest BCUT2D eigenvalue weighted by molar-refractivity contribution is 5.83. The molecular formula is C14H16F2N2. The lowest BCUT2D eigenvalue weighted by Crippen LogP contribution is -2.19. The monoisotopic (exact) mass is 250 g/mol. The van der Waals surface area contributed by atoms with Gasteiger partial charge in [-0.3, -0.25) is 0 Å². The Hall–Kier alpha value is -1.42. The molecule has 2 N–H and O–H groups in total. The molecule has 1 aliphatic rings. The van der Waals surface area contributed by atoms with Gasteiger partial charge in [0.2, 0.25) is 0 Å². The molecular weight excluding hydrogens is 234 g/mol. The van der Waals surface area contributed by atoms with Crippen molar-refractivity contribution in [2.24, 2.45) is 5.92 Å². The summed E-state index contributed by atoms with van der Waals surface area (Å²) in [5.74, 6) is -0.725. The third kappa shape index (κ3) is 2.38. The van der Waals surface area contributed by atoms with E-state index in [1.54, 1.807) is 0 Å². The molecule has 3 rings (SSSR count). The van der Waals surface area contributed by atoms with E-state index in [2.05, 4.69) is 10.3 Å². The average molecular weight is 250 g/mol. The molecule has 1 heterocycles. The zero-order valence-corrected chi connectivity index (χ0v) is 10.1. The Kier molecular flexibility index (Phi) is 3.04. The number of fused-ring (bicyclic) bond motifs is 1. The Bertz CT molecular complexity index is 558. The third-order valence-corrected chi connectivity index (χ3v) is 3.51. The van der Waals surface area contributed by atoms with Crippen molar-refractivity contribution < 1.29 is 8.78 Å². The van der Waals surface area contributed by atoms with E-state index in [-0.39, 0.29) is 0 Å². The van der Waals surface area contributed by atoms with E-state index in [9.17, 15) is 8.78 Å². The number of H-pyrrole nitrogens is 1. The third-order valence-electron chi connectivity index (χ3n) is 3.51. The zero-order valence-electron chi connectivity index (χ0n) is 10.1. The molecule has 1 aromatic carbocycles. The van der Waals surface area contributed by atoms with E-state index in [0.29, 0.717) is 5.52 Å². The second-order valence-electron chi connectivity index (χ2n) is 5.02. The maximum absolute atomic E-state index is 13.2. The Morgan fingerprint density at radius 2 is 2.00 bits per heavy atom. The van der Waals surface area contributed by atoms with E-state index in [0.717, 1.165) is 36.4 Å². The second-order valence-corrected chi connectivity index (χ2v) is 5.02. The molecule has 1 aromatic heterocycles. The number of benzene rings is 1. The smallest absolute Gasteiger partial charge is 0.160 e. The Balaban J connectivity index is 1.69. The van der Waals surface area contributed by atoms with Crippen LogP contribution in [0.4, 0.5) is 8.78 Å². The molecule has 0 spiro atoms. The lowest BCUT2D eigenvalue weighted by molar-refractivity contribution is 0.511. The van der Waals surface area contributed by atoms with Crippen LogP contribution in [0.15, 0.2) is 18.3 Å². The van der Waals surface area contributed by atoms with E-state index in [1.165, 1.54) is 25.0 Å². The van der Waals surface area contributed by atoms with Crippen molar-refractivity contribution in [2.45, 2.75) is 19.3 Å². The molecule has 0 amide bonds. The summed E-state index contributed by atoms with van der Waals surface area (Å²) >= 11 is 0. The lowest BCUT2D eigenvalue weighted by Gasteiger charge is -2.03. The van der Waals surface area contributed by atoms with Crippen LogP contribution < -0.4 is 5.32 Å². The van der Waals surface area contributed by atoms with Crippen LogP contribution in [-0.4, -0.2) is 18.1 Å². The molecule has 1 saturated carbocycles. The summed E-state index contributed by atoms with van der Waals surface area (Å²) in [6, 6.07) is 2.49. The van der Waals surface area contributed by atoms with Gasteiger partial charge in [-0.05, 0) is 49.9 Å². The molecule has 0 aliphatic heterocycles. The summed E-state index contributed by atoms with van der Waals surface area (Å²) in [6.45, 7) is 1.95. The number of halogens is 2. The molecule has 96 valence electrons. The van der Waals surface area contributed by atoms with Gasteiger partial charge in [0.1, 0.15) is 0 Å². The standard InChI is InChI=1S/C14H16F2N2/c15-12-5-11-10(3-4-17-7-9-1-2-9)8-18-14(11)6-13(12)16/h5-6,8-9,17-18H,1-4,7H2. The van der Waals surface area contributed by atoms with Gasteiger partial charge < -0.3 is 10.3 Å². The SMILES string of the molecule is Fc1cc2[nH]cc(CCNCC3CC3)c2cc1F. The summed E-state index contributed by atoms with van der Waals surface area (Å²) in [4.78, 5) is 2.98. The first-order valence-corrected chi connectivity index (χ1v) is 6.40. The Labute approximate surface area is 104 Å². The molecule has 1 aliphatic carbocycles. The predicted octanol–water partition coefficient (Wildman–Crippen LogP) is 2.99. The normalized spacial score (nSPS) is 15.4. The van der Waals surface area contributed by atoms with Gasteiger partial charge in [0.15, 0.2) is 11.6 Å². The van der Waals surface area contributed by atoms with Crippen molar-refractivity contribution in [1.82, 2.24) is 10.3 Å². The van der Waals surface area contributed by atoms with Crippen LogP contribution >= 0.6 is 0 Å². The fourth-order valence-corrected chi connectivity index (χ4v) is 2.23. The van der Waals surface area contributed by atoms with Crippen LogP contribution in [0.2, 0.25) is 0 Å². The number of hydrogen-bond acceptors (Lipinski definition) is 1. The molecule has 1 fully saturated rings. The van der Waals surface area contributed by atoms with E-state index < -0.39 is 11.6 Å². The van der Waals surface area contributed by atoms with Crippen LogP contribution in [-0.2, 0) is 6.42 Å². The summed E-state index contributed by atoms with van der Waals surface area (Å²) in [6.07, 6.45) is 5.34. The highest BCUT2D eigenvalue weighted by Gasteiger charge is 2.20. The van der Waals surface area contributed by atoms with Crippen LogP contribution in [0, 0.1) is 17.6 Å². The van der Waals surface area contributed by atoms with Crippen LogP contribution in [0.5, 0.6) is 0 Å². The maximum atomic E-state index is 13.2. The molecule has 2 aromatic rings. The molecule has 0 atom stereocenters. The zero-order chi connectivity index (χ0) is 12.5. The van der Waals surface area contributed by atoms with E-state index in [1.807, 2.05) is 6.20 Å². The van der Waals surface area contributed by atoms with Crippen molar-refractivity contribution in [3.63, 3.8) is 0 Å². The molecule has 4 heteroatoms. The van der Waals surface area contributed by atoms with Crippen molar-refractivity contribution >= 4 is 10.9 Å². The maximum Gasteiger partial charge on any atom is 0.160 e. The minimum atomic E-state index is -0.803. The van der Waals surface area contributed by atoms with Crippen LogP contribution in [0.25, 0.3) is 10.9 Å². The van der Waals surface area contributed by atoms with Gasteiger partial charge in [0.05, 0.1) is 0 Å². The molecule has 0 radical (unpaired) electrons. The van der Waals surface area contributed by atoms with Gasteiger partial charge in [-0.2, -0.15) is 0 Å². The lowest BCUT2D eigenvalue weighted by atomic mass is 10.1. The number of aromatic amines is 1. The molecule has 0 bridgehead atoms. The first-order chi connectivity index (χ1) is 8.74. The molecule has 0 unspecified atom stereocenters. The number of rotatable bonds is 5. The minimum absolute atomic E-state index is 0.658. The van der Waals surface area contributed by atoms with Crippen molar-refractivity contribution in [2.75, 3.05) is 13.1 Å². The summed E-state index contributed by atoms with van der Waals surface area (Å²) < 4.78 is 26.3. The topological polar surface area (TPSA) is 27.8 Å². The van der Waals surface area contributed by atoms with Gasteiger partial charge in [-0.25, -0.2) is 8.78 Å². The highest BCUT2D eigenvalue weighted by Crippen LogP contribution is 2.27. The van der Waals surface area contributed by atoms with E-state index >= 15 is 0 Å². The van der Waals surface area contributed by atoms with Gasteiger partial charge >= 0.3 is 0 Å². The summed E-state index contributed by atoms with van der Waals surface area (Å²) in [7, 11) is 0.